The zero-order chi connectivity index (χ0) is 21.8. The van der Waals surface area contributed by atoms with Gasteiger partial charge >= 0.3 is 5.97 Å². The fourth-order valence-corrected chi connectivity index (χ4v) is 3.41. The highest BCUT2D eigenvalue weighted by Crippen LogP contribution is 2.33. The van der Waals surface area contributed by atoms with Gasteiger partial charge in [0.15, 0.2) is 5.60 Å². The SMILES string of the molecule is CC1(COC(=O)c2ccccc2)C=Cc2cc(NC(=O)c3ccccc3Cl)ccc2O1. The minimum atomic E-state index is -0.792. The van der Waals surface area contributed by atoms with Crippen molar-refractivity contribution in [2.75, 3.05) is 11.9 Å². The molecule has 1 unspecified atom stereocenters. The van der Waals surface area contributed by atoms with Crippen molar-refractivity contribution in [3.8, 4) is 5.75 Å². The lowest BCUT2D eigenvalue weighted by Crippen LogP contribution is -2.38. The van der Waals surface area contributed by atoms with Crippen molar-refractivity contribution in [1.82, 2.24) is 0 Å². The van der Waals surface area contributed by atoms with Gasteiger partial charge in [-0.05, 0) is 55.5 Å². The summed E-state index contributed by atoms with van der Waals surface area (Å²) in [4.78, 5) is 24.7. The first-order valence-corrected chi connectivity index (χ1v) is 10.1. The molecule has 1 atom stereocenters. The second-order valence-corrected chi connectivity index (χ2v) is 7.78. The minimum absolute atomic E-state index is 0.0711. The van der Waals surface area contributed by atoms with Crippen molar-refractivity contribution in [3.05, 3.63) is 101 Å². The van der Waals surface area contributed by atoms with E-state index in [1.807, 2.05) is 31.2 Å². The molecule has 0 radical (unpaired) electrons. The number of esters is 1. The van der Waals surface area contributed by atoms with Crippen LogP contribution >= 0.6 is 11.6 Å². The molecule has 4 rings (SSSR count). The van der Waals surface area contributed by atoms with Gasteiger partial charge in [-0.2, -0.15) is 0 Å². The lowest BCUT2D eigenvalue weighted by atomic mass is 10.0. The maximum atomic E-state index is 12.5. The highest BCUT2D eigenvalue weighted by Gasteiger charge is 2.29. The summed E-state index contributed by atoms with van der Waals surface area (Å²) in [7, 11) is 0. The fraction of sp³-hybridized carbons (Fsp3) is 0.120. The van der Waals surface area contributed by atoms with Crippen LogP contribution < -0.4 is 10.1 Å². The molecule has 0 aliphatic carbocycles. The first-order valence-electron chi connectivity index (χ1n) is 9.74. The average molecular weight is 434 g/mol. The van der Waals surface area contributed by atoms with E-state index in [0.29, 0.717) is 27.6 Å². The Hall–Kier alpha value is -3.57. The van der Waals surface area contributed by atoms with E-state index >= 15 is 0 Å². The summed E-state index contributed by atoms with van der Waals surface area (Å²) in [5.41, 5.74) is 1.53. The first kappa shape index (κ1) is 20.7. The van der Waals surface area contributed by atoms with Crippen molar-refractivity contribution in [2.45, 2.75) is 12.5 Å². The zero-order valence-electron chi connectivity index (χ0n) is 16.8. The van der Waals surface area contributed by atoms with Gasteiger partial charge in [0, 0.05) is 11.3 Å². The Labute approximate surface area is 185 Å². The predicted octanol–water partition coefficient (Wildman–Crippen LogP) is 5.61. The second kappa shape index (κ2) is 8.66. The van der Waals surface area contributed by atoms with Gasteiger partial charge in [-0.15, -0.1) is 0 Å². The molecule has 5 nitrogen and oxygen atoms in total. The van der Waals surface area contributed by atoms with Crippen molar-refractivity contribution < 1.29 is 19.1 Å². The van der Waals surface area contributed by atoms with E-state index in [1.165, 1.54) is 0 Å². The van der Waals surface area contributed by atoms with E-state index in [-0.39, 0.29) is 12.5 Å². The topological polar surface area (TPSA) is 64.6 Å². The van der Waals surface area contributed by atoms with E-state index in [1.54, 1.807) is 60.7 Å². The Kier molecular flexibility index (Phi) is 5.78. The molecule has 31 heavy (non-hydrogen) atoms. The molecule has 156 valence electrons. The van der Waals surface area contributed by atoms with Gasteiger partial charge in [-0.3, -0.25) is 4.79 Å². The standard InChI is InChI=1S/C25H20ClNO4/c1-25(16-30-24(29)17-7-3-2-4-8-17)14-13-18-15-19(11-12-22(18)31-25)27-23(28)20-9-5-6-10-21(20)26/h2-15H,16H2,1H3,(H,27,28). The number of amides is 1. The number of hydrogen-bond donors (Lipinski definition) is 1. The zero-order valence-corrected chi connectivity index (χ0v) is 17.6. The smallest absolute Gasteiger partial charge is 0.338 e. The number of ether oxygens (including phenoxy) is 2. The fourth-order valence-electron chi connectivity index (χ4n) is 3.19. The summed E-state index contributed by atoms with van der Waals surface area (Å²) in [6.45, 7) is 1.92. The van der Waals surface area contributed by atoms with Gasteiger partial charge in [0.2, 0.25) is 0 Å². The molecule has 0 bridgehead atoms. The van der Waals surface area contributed by atoms with Crippen LogP contribution in [0.1, 0.15) is 33.2 Å². The molecule has 0 saturated heterocycles. The minimum Gasteiger partial charge on any atom is -0.479 e. The third-order valence-corrected chi connectivity index (χ3v) is 5.17. The summed E-state index contributed by atoms with van der Waals surface area (Å²) in [6.07, 6.45) is 3.73. The lowest BCUT2D eigenvalue weighted by Gasteiger charge is -2.31. The van der Waals surface area contributed by atoms with E-state index in [9.17, 15) is 9.59 Å². The van der Waals surface area contributed by atoms with Crippen LogP contribution in [0, 0.1) is 0 Å². The number of nitrogens with one attached hydrogen (secondary N) is 1. The van der Waals surface area contributed by atoms with Crippen LogP contribution in [0.25, 0.3) is 6.08 Å². The lowest BCUT2D eigenvalue weighted by molar-refractivity contribution is 0.0139. The van der Waals surface area contributed by atoms with E-state index in [4.69, 9.17) is 21.1 Å². The van der Waals surface area contributed by atoms with Gasteiger partial charge in [-0.1, -0.05) is 48.0 Å². The van der Waals surface area contributed by atoms with Crippen molar-refractivity contribution in [2.24, 2.45) is 0 Å². The van der Waals surface area contributed by atoms with Crippen LogP contribution in [0.5, 0.6) is 5.75 Å². The van der Waals surface area contributed by atoms with Crippen molar-refractivity contribution in [1.29, 1.82) is 0 Å². The monoisotopic (exact) mass is 433 g/mol. The van der Waals surface area contributed by atoms with Crippen LogP contribution in [0.4, 0.5) is 5.69 Å². The van der Waals surface area contributed by atoms with Crippen molar-refractivity contribution >= 4 is 35.2 Å². The molecule has 0 aromatic heterocycles. The first-order chi connectivity index (χ1) is 14.9. The molecular weight excluding hydrogens is 414 g/mol. The number of hydrogen-bond acceptors (Lipinski definition) is 4. The molecule has 3 aromatic rings. The molecule has 3 aromatic carbocycles. The molecule has 1 N–H and O–H groups in total. The summed E-state index contributed by atoms with van der Waals surface area (Å²) in [5, 5.41) is 3.24. The van der Waals surface area contributed by atoms with Crippen LogP contribution in [0.15, 0.2) is 78.9 Å². The largest absolute Gasteiger partial charge is 0.479 e. The molecule has 0 fully saturated rings. The summed E-state index contributed by atoms with van der Waals surface area (Å²) in [5.74, 6) is -0.0531. The van der Waals surface area contributed by atoms with Crippen molar-refractivity contribution in [3.63, 3.8) is 0 Å². The number of rotatable bonds is 5. The number of halogens is 1. The van der Waals surface area contributed by atoms with Gasteiger partial charge < -0.3 is 14.8 Å². The maximum Gasteiger partial charge on any atom is 0.338 e. The van der Waals surface area contributed by atoms with Crippen LogP contribution in [0.3, 0.4) is 0 Å². The van der Waals surface area contributed by atoms with E-state index < -0.39 is 11.6 Å². The quantitative estimate of drug-likeness (QED) is 0.531. The Morgan fingerprint density at radius 2 is 1.77 bits per heavy atom. The van der Waals surface area contributed by atoms with E-state index in [0.717, 1.165) is 5.56 Å². The Morgan fingerprint density at radius 3 is 2.55 bits per heavy atom. The number of anilines is 1. The molecule has 6 heteroatoms. The van der Waals surface area contributed by atoms with E-state index in [2.05, 4.69) is 5.32 Å². The Bertz CT molecular complexity index is 1160. The van der Waals surface area contributed by atoms with Gasteiger partial charge in [0.25, 0.3) is 5.91 Å². The summed E-state index contributed by atoms with van der Waals surface area (Å²) < 4.78 is 11.5. The molecule has 1 aliphatic rings. The molecule has 1 amide bonds. The van der Waals surface area contributed by atoms with Gasteiger partial charge in [-0.25, -0.2) is 4.79 Å². The highest BCUT2D eigenvalue weighted by atomic mass is 35.5. The molecule has 0 saturated carbocycles. The van der Waals surface area contributed by atoms with Gasteiger partial charge in [0.05, 0.1) is 16.1 Å². The normalized spacial score (nSPS) is 16.7. The maximum absolute atomic E-state index is 12.5. The number of benzene rings is 3. The van der Waals surface area contributed by atoms with Crippen LogP contribution in [-0.4, -0.2) is 24.1 Å². The number of fused-ring (bicyclic) bond motifs is 1. The summed E-state index contributed by atoms with van der Waals surface area (Å²) in [6, 6.07) is 21.0. The van der Waals surface area contributed by atoms with Crippen LogP contribution in [0.2, 0.25) is 5.02 Å². The second-order valence-electron chi connectivity index (χ2n) is 7.38. The summed E-state index contributed by atoms with van der Waals surface area (Å²) >= 11 is 6.10. The predicted molar refractivity (Wildman–Crippen MR) is 121 cm³/mol. The average Bonchev–Trinajstić information content (AvgIpc) is 2.78. The molecular formula is C25H20ClNO4. The Morgan fingerprint density at radius 1 is 1.03 bits per heavy atom. The number of carbonyl (C=O) groups is 2. The highest BCUT2D eigenvalue weighted by molar-refractivity contribution is 6.34. The molecule has 1 aliphatic heterocycles. The van der Waals surface area contributed by atoms with Crippen LogP contribution in [-0.2, 0) is 4.74 Å². The Balaban J connectivity index is 1.42. The molecule has 1 heterocycles. The van der Waals surface area contributed by atoms with Gasteiger partial charge in [0.1, 0.15) is 12.4 Å². The third kappa shape index (κ3) is 4.78. The molecule has 0 spiro atoms. The number of carbonyl (C=O) groups excluding carboxylic acids is 2. The third-order valence-electron chi connectivity index (χ3n) is 4.84.